The van der Waals surface area contributed by atoms with E-state index >= 15 is 0 Å². The summed E-state index contributed by atoms with van der Waals surface area (Å²) in [6.45, 7) is 2.73. The smallest absolute Gasteiger partial charge is 0.255 e. The summed E-state index contributed by atoms with van der Waals surface area (Å²) in [5, 5.41) is 7.49. The maximum absolute atomic E-state index is 13.8. The number of likely N-dealkylation sites (tertiary alicyclic amines) is 1. The average molecular weight is 403 g/mol. The number of rotatable bonds is 3. The number of aryl methyl sites for hydroxylation is 2. The maximum Gasteiger partial charge on any atom is 0.255 e. The molecule has 1 fully saturated rings. The second-order valence-corrected chi connectivity index (χ2v) is 8.48. The highest BCUT2D eigenvalue weighted by atomic mass is 32.1. The SMILES string of the molecule is Cc1nn(C)c2nc(-c3ccccc3)cc(C(=O)N3CCC[C@H]3c3cccs3)c12. The predicted molar refractivity (Wildman–Crippen MR) is 116 cm³/mol. The topological polar surface area (TPSA) is 51.0 Å². The molecule has 1 aliphatic rings. The molecule has 1 amide bonds. The molecule has 0 spiro atoms. The van der Waals surface area contributed by atoms with Crippen molar-refractivity contribution in [3.8, 4) is 11.3 Å². The van der Waals surface area contributed by atoms with Crippen LogP contribution in [0.3, 0.4) is 0 Å². The van der Waals surface area contributed by atoms with E-state index in [4.69, 9.17) is 4.98 Å². The van der Waals surface area contributed by atoms with E-state index in [0.717, 1.165) is 47.4 Å². The molecule has 6 heteroatoms. The van der Waals surface area contributed by atoms with Gasteiger partial charge in [-0.05, 0) is 37.3 Å². The third kappa shape index (κ3) is 3.04. The Labute approximate surface area is 173 Å². The summed E-state index contributed by atoms with van der Waals surface area (Å²) in [5.74, 6) is 0.0709. The van der Waals surface area contributed by atoms with Gasteiger partial charge in [-0.15, -0.1) is 11.3 Å². The van der Waals surface area contributed by atoms with Crippen LogP contribution < -0.4 is 0 Å². The lowest BCUT2D eigenvalue weighted by Crippen LogP contribution is -2.30. The van der Waals surface area contributed by atoms with Crippen molar-refractivity contribution in [2.45, 2.75) is 25.8 Å². The number of carbonyl (C=O) groups excluding carboxylic acids is 1. The summed E-state index contributed by atoms with van der Waals surface area (Å²) < 4.78 is 1.77. The van der Waals surface area contributed by atoms with Gasteiger partial charge in [0, 0.05) is 24.0 Å². The fourth-order valence-electron chi connectivity index (χ4n) is 4.31. The van der Waals surface area contributed by atoms with Gasteiger partial charge in [0.2, 0.25) is 0 Å². The average Bonchev–Trinajstić information content (AvgIpc) is 3.48. The van der Waals surface area contributed by atoms with Gasteiger partial charge < -0.3 is 4.90 Å². The molecule has 0 aliphatic carbocycles. The molecule has 3 aromatic heterocycles. The number of hydrogen-bond donors (Lipinski definition) is 0. The van der Waals surface area contributed by atoms with Gasteiger partial charge in [0.15, 0.2) is 5.65 Å². The summed E-state index contributed by atoms with van der Waals surface area (Å²) in [6, 6.07) is 16.3. The Balaban J connectivity index is 1.66. The van der Waals surface area contributed by atoms with Gasteiger partial charge in [-0.2, -0.15) is 5.10 Å². The Kier molecular flexibility index (Phi) is 4.43. The first-order chi connectivity index (χ1) is 14.1. The summed E-state index contributed by atoms with van der Waals surface area (Å²) in [6.07, 6.45) is 2.04. The molecule has 0 N–H and O–H groups in total. The Hall–Kier alpha value is -2.99. The largest absolute Gasteiger partial charge is 0.331 e. The minimum Gasteiger partial charge on any atom is -0.331 e. The van der Waals surface area contributed by atoms with Crippen LogP contribution in [-0.2, 0) is 7.05 Å². The maximum atomic E-state index is 13.8. The highest BCUT2D eigenvalue weighted by molar-refractivity contribution is 7.10. The van der Waals surface area contributed by atoms with Crippen molar-refractivity contribution in [3.05, 3.63) is 70.0 Å². The molecule has 5 rings (SSSR count). The molecule has 1 atom stereocenters. The van der Waals surface area contributed by atoms with Crippen molar-refractivity contribution in [1.29, 1.82) is 0 Å². The van der Waals surface area contributed by atoms with E-state index in [2.05, 4.69) is 22.6 Å². The van der Waals surface area contributed by atoms with E-state index in [9.17, 15) is 4.79 Å². The van der Waals surface area contributed by atoms with Gasteiger partial charge in [-0.25, -0.2) is 4.98 Å². The standard InChI is InChI=1S/C23H22N4OS/c1-15-21-17(23(28)27-12-6-10-19(27)20-11-7-13-29-20)14-18(16-8-4-3-5-9-16)24-22(21)26(2)25-15/h3-5,7-9,11,13-14,19H,6,10,12H2,1-2H3/t19-/m0/s1. The van der Waals surface area contributed by atoms with Crippen LogP contribution in [0.25, 0.3) is 22.3 Å². The van der Waals surface area contributed by atoms with Crippen molar-refractivity contribution in [1.82, 2.24) is 19.7 Å². The fraction of sp³-hybridized carbons (Fsp3) is 0.261. The Bertz CT molecular complexity index is 1180. The van der Waals surface area contributed by atoms with E-state index in [1.165, 1.54) is 4.88 Å². The zero-order valence-electron chi connectivity index (χ0n) is 16.5. The van der Waals surface area contributed by atoms with Crippen molar-refractivity contribution in [2.75, 3.05) is 6.54 Å². The number of aromatic nitrogens is 3. The molecule has 1 saturated heterocycles. The van der Waals surface area contributed by atoms with Crippen molar-refractivity contribution < 1.29 is 4.79 Å². The number of pyridine rings is 1. The molecule has 146 valence electrons. The molecular formula is C23H22N4OS. The molecule has 0 saturated carbocycles. The molecule has 5 nitrogen and oxygen atoms in total. The molecule has 1 aromatic carbocycles. The van der Waals surface area contributed by atoms with Gasteiger partial charge in [-0.3, -0.25) is 9.48 Å². The number of benzene rings is 1. The number of fused-ring (bicyclic) bond motifs is 1. The zero-order chi connectivity index (χ0) is 20.0. The van der Waals surface area contributed by atoms with Crippen molar-refractivity contribution >= 4 is 28.3 Å². The summed E-state index contributed by atoms with van der Waals surface area (Å²) in [7, 11) is 1.88. The Morgan fingerprint density at radius 2 is 2.00 bits per heavy atom. The van der Waals surface area contributed by atoms with E-state index in [-0.39, 0.29) is 11.9 Å². The van der Waals surface area contributed by atoms with Crippen LogP contribution >= 0.6 is 11.3 Å². The van der Waals surface area contributed by atoms with Gasteiger partial charge in [0.25, 0.3) is 5.91 Å². The third-order valence-corrected chi connectivity index (χ3v) is 6.63. The van der Waals surface area contributed by atoms with Crippen LogP contribution in [0.2, 0.25) is 0 Å². The van der Waals surface area contributed by atoms with Gasteiger partial charge >= 0.3 is 0 Å². The molecular weight excluding hydrogens is 380 g/mol. The monoisotopic (exact) mass is 402 g/mol. The lowest BCUT2D eigenvalue weighted by molar-refractivity contribution is 0.0740. The van der Waals surface area contributed by atoms with Crippen molar-refractivity contribution in [3.63, 3.8) is 0 Å². The molecule has 0 radical (unpaired) electrons. The number of amides is 1. The highest BCUT2D eigenvalue weighted by Gasteiger charge is 2.33. The third-order valence-electron chi connectivity index (χ3n) is 5.65. The van der Waals surface area contributed by atoms with E-state index in [1.807, 2.05) is 55.3 Å². The first-order valence-electron chi connectivity index (χ1n) is 9.87. The Morgan fingerprint density at radius 3 is 2.76 bits per heavy atom. The number of hydrogen-bond acceptors (Lipinski definition) is 4. The lowest BCUT2D eigenvalue weighted by Gasteiger charge is -2.24. The molecule has 0 bridgehead atoms. The van der Waals surface area contributed by atoms with E-state index in [1.54, 1.807) is 16.0 Å². The summed E-state index contributed by atoms with van der Waals surface area (Å²) in [5.41, 5.74) is 4.08. The van der Waals surface area contributed by atoms with E-state index < -0.39 is 0 Å². The zero-order valence-corrected chi connectivity index (χ0v) is 17.3. The second kappa shape index (κ2) is 7.12. The van der Waals surface area contributed by atoms with Crippen molar-refractivity contribution in [2.24, 2.45) is 7.05 Å². The molecule has 0 unspecified atom stereocenters. The quantitative estimate of drug-likeness (QED) is 0.485. The minimum absolute atomic E-state index is 0.0709. The first kappa shape index (κ1) is 18.1. The number of nitrogens with zero attached hydrogens (tertiary/aromatic N) is 4. The van der Waals surface area contributed by atoms with Crippen LogP contribution in [0.5, 0.6) is 0 Å². The number of thiophene rings is 1. The fourth-order valence-corrected chi connectivity index (χ4v) is 5.19. The molecule has 29 heavy (non-hydrogen) atoms. The highest BCUT2D eigenvalue weighted by Crippen LogP contribution is 2.37. The molecule has 4 aromatic rings. The van der Waals surface area contributed by atoms with Crippen LogP contribution in [0.15, 0.2) is 53.9 Å². The minimum atomic E-state index is 0.0709. The second-order valence-electron chi connectivity index (χ2n) is 7.50. The Morgan fingerprint density at radius 1 is 1.17 bits per heavy atom. The number of carbonyl (C=O) groups is 1. The summed E-state index contributed by atoms with van der Waals surface area (Å²) >= 11 is 1.72. The normalized spacial score (nSPS) is 16.6. The van der Waals surface area contributed by atoms with Gasteiger partial charge in [0.05, 0.1) is 28.4 Å². The van der Waals surface area contributed by atoms with E-state index in [0.29, 0.717) is 5.56 Å². The predicted octanol–water partition coefficient (Wildman–Crippen LogP) is 4.98. The molecule has 1 aliphatic heterocycles. The van der Waals surface area contributed by atoms with Gasteiger partial charge in [-0.1, -0.05) is 36.4 Å². The first-order valence-corrected chi connectivity index (χ1v) is 10.8. The van der Waals surface area contributed by atoms with Crippen LogP contribution in [0, 0.1) is 6.92 Å². The lowest BCUT2D eigenvalue weighted by atomic mass is 10.0. The summed E-state index contributed by atoms with van der Waals surface area (Å²) in [4.78, 5) is 21.9. The van der Waals surface area contributed by atoms with Gasteiger partial charge in [0.1, 0.15) is 0 Å². The van der Waals surface area contributed by atoms with Crippen LogP contribution in [0.1, 0.15) is 39.8 Å². The van der Waals surface area contributed by atoms with Crippen LogP contribution in [-0.4, -0.2) is 32.1 Å². The molecule has 4 heterocycles. The van der Waals surface area contributed by atoms with Crippen LogP contribution in [0.4, 0.5) is 0 Å².